The molecule has 28 heavy (non-hydrogen) atoms. The Kier molecular flexibility index (Phi) is 6.14. The van der Waals surface area contributed by atoms with Gasteiger partial charge in [0.25, 0.3) is 5.56 Å². The van der Waals surface area contributed by atoms with Gasteiger partial charge < -0.3 is 23.5 Å². The van der Waals surface area contributed by atoms with E-state index in [-0.39, 0.29) is 5.56 Å². The molecule has 0 bridgehead atoms. The lowest BCUT2D eigenvalue weighted by molar-refractivity contribution is 0.354. The molecule has 0 amide bonds. The molecule has 0 N–H and O–H groups in total. The van der Waals surface area contributed by atoms with E-state index in [0.717, 1.165) is 15.4 Å². The van der Waals surface area contributed by atoms with E-state index >= 15 is 0 Å². The van der Waals surface area contributed by atoms with E-state index in [9.17, 15) is 4.79 Å². The molecule has 6 nitrogen and oxygen atoms in total. The van der Waals surface area contributed by atoms with Gasteiger partial charge in [0.05, 0.1) is 33.8 Å². The fourth-order valence-corrected chi connectivity index (χ4v) is 3.64. The highest BCUT2D eigenvalue weighted by Gasteiger charge is 2.12. The van der Waals surface area contributed by atoms with E-state index in [4.69, 9.17) is 18.9 Å². The number of nitrogens with zero attached hydrogens (tertiary/aromatic N) is 1. The average molecular weight is 448 g/mol. The van der Waals surface area contributed by atoms with Gasteiger partial charge in [-0.1, -0.05) is 15.9 Å². The Hall–Kier alpha value is -2.67. The molecule has 0 fully saturated rings. The van der Waals surface area contributed by atoms with Crippen LogP contribution >= 0.6 is 15.9 Å². The molecule has 0 saturated carbocycles. The van der Waals surface area contributed by atoms with Crippen LogP contribution in [0.3, 0.4) is 0 Å². The van der Waals surface area contributed by atoms with Crippen LogP contribution in [-0.4, -0.2) is 33.0 Å². The molecule has 1 aromatic heterocycles. The molecular weight excluding hydrogens is 426 g/mol. The molecule has 3 aromatic rings. The Morgan fingerprint density at radius 3 is 2.07 bits per heavy atom. The van der Waals surface area contributed by atoms with Gasteiger partial charge in [-0.2, -0.15) is 0 Å². The largest absolute Gasteiger partial charge is 0.493 e. The Balaban J connectivity index is 1.93. The summed E-state index contributed by atoms with van der Waals surface area (Å²) >= 11 is 3.56. The number of aryl methyl sites for hydroxylation is 2. The number of rotatable bonds is 7. The number of pyridine rings is 1. The third-order valence-electron chi connectivity index (χ3n) is 4.66. The fraction of sp³-hybridized carbons (Fsp3) is 0.286. The van der Waals surface area contributed by atoms with Gasteiger partial charge in [0, 0.05) is 17.2 Å². The van der Waals surface area contributed by atoms with Crippen molar-refractivity contribution in [1.29, 1.82) is 0 Å². The third kappa shape index (κ3) is 3.80. The van der Waals surface area contributed by atoms with Crippen LogP contribution in [0.2, 0.25) is 0 Å². The summed E-state index contributed by atoms with van der Waals surface area (Å²) in [4.78, 5) is 12.9. The molecule has 0 radical (unpaired) electrons. The molecule has 2 aromatic carbocycles. The summed E-state index contributed by atoms with van der Waals surface area (Å²) in [6.45, 7) is 0.525. The van der Waals surface area contributed by atoms with Crippen molar-refractivity contribution in [3.05, 3.63) is 56.9 Å². The summed E-state index contributed by atoms with van der Waals surface area (Å²) in [6.07, 6.45) is 2.45. The number of methoxy groups -OCH3 is 4. The van der Waals surface area contributed by atoms with Gasteiger partial charge in [-0.3, -0.25) is 4.79 Å². The molecule has 1 heterocycles. The molecule has 0 spiro atoms. The molecule has 0 aliphatic carbocycles. The normalized spacial score (nSPS) is 10.8. The second-order valence-corrected chi connectivity index (χ2v) is 7.01. The van der Waals surface area contributed by atoms with Crippen LogP contribution in [-0.2, 0) is 13.0 Å². The number of fused-ring (bicyclic) bond motifs is 1. The van der Waals surface area contributed by atoms with Gasteiger partial charge in [-0.25, -0.2) is 0 Å². The van der Waals surface area contributed by atoms with Gasteiger partial charge in [-0.15, -0.1) is 0 Å². The zero-order valence-electron chi connectivity index (χ0n) is 16.2. The van der Waals surface area contributed by atoms with Crippen LogP contribution in [0.4, 0.5) is 0 Å². The fourth-order valence-electron chi connectivity index (χ4n) is 3.12. The second kappa shape index (κ2) is 8.56. The van der Waals surface area contributed by atoms with E-state index in [0.29, 0.717) is 41.3 Å². The van der Waals surface area contributed by atoms with E-state index < -0.39 is 0 Å². The SMILES string of the molecule is COc1cc(Br)c(CCn2ccc3cc(OC)c(OC)cc3c2=O)cc1OC. The summed E-state index contributed by atoms with van der Waals surface area (Å²) in [5.74, 6) is 2.44. The minimum Gasteiger partial charge on any atom is -0.493 e. The molecule has 7 heteroatoms. The Morgan fingerprint density at radius 1 is 0.857 bits per heavy atom. The first-order valence-electron chi connectivity index (χ1n) is 8.68. The van der Waals surface area contributed by atoms with Crippen LogP contribution in [0, 0.1) is 0 Å². The summed E-state index contributed by atoms with van der Waals surface area (Å²) in [7, 11) is 6.33. The first-order valence-corrected chi connectivity index (χ1v) is 9.47. The maximum Gasteiger partial charge on any atom is 0.258 e. The van der Waals surface area contributed by atoms with Crippen LogP contribution in [0.1, 0.15) is 5.56 Å². The van der Waals surface area contributed by atoms with Crippen molar-refractivity contribution in [3.63, 3.8) is 0 Å². The predicted octanol–water partition coefficient (Wildman–Crippen LogP) is 4.04. The van der Waals surface area contributed by atoms with Crippen LogP contribution in [0.25, 0.3) is 10.8 Å². The van der Waals surface area contributed by atoms with E-state index in [1.807, 2.05) is 24.3 Å². The Labute approximate surface area is 171 Å². The lowest BCUT2D eigenvalue weighted by Gasteiger charge is -2.13. The van der Waals surface area contributed by atoms with Crippen molar-refractivity contribution in [1.82, 2.24) is 4.57 Å². The smallest absolute Gasteiger partial charge is 0.258 e. The first-order chi connectivity index (χ1) is 13.5. The molecule has 0 aliphatic heterocycles. The minimum absolute atomic E-state index is 0.0740. The second-order valence-electron chi connectivity index (χ2n) is 6.16. The van der Waals surface area contributed by atoms with Crippen molar-refractivity contribution < 1.29 is 18.9 Å². The number of halogens is 1. The number of hydrogen-bond acceptors (Lipinski definition) is 5. The maximum absolute atomic E-state index is 12.9. The molecule has 0 saturated heterocycles. The predicted molar refractivity (Wildman–Crippen MR) is 112 cm³/mol. The summed E-state index contributed by atoms with van der Waals surface area (Å²) in [5, 5.41) is 1.40. The average Bonchev–Trinajstić information content (AvgIpc) is 2.72. The molecule has 0 unspecified atom stereocenters. The lowest BCUT2D eigenvalue weighted by Crippen LogP contribution is -2.20. The first kappa shape index (κ1) is 20.1. The highest BCUT2D eigenvalue weighted by atomic mass is 79.9. The van der Waals surface area contributed by atoms with Crippen molar-refractivity contribution in [3.8, 4) is 23.0 Å². The highest BCUT2D eigenvalue weighted by Crippen LogP contribution is 2.34. The monoisotopic (exact) mass is 447 g/mol. The topological polar surface area (TPSA) is 58.9 Å². The van der Waals surface area contributed by atoms with Gasteiger partial charge >= 0.3 is 0 Å². The number of benzene rings is 2. The van der Waals surface area contributed by atoms with Gasteiger partial charge in [0.2, 0.25) is 0 Å². The van der Waals surface area contributed by atoms with Crippen molar-refractivity contribution in [2.24, 2.45) is 0 Å². The summed E-state index contributed by atoms with van der Waals surface area (Å²) in [6, 6.07) is 9.23. The number of hydrogen-bond donors (Lipinski definition) is 0. The van der Waals surface area contributed by atoms with Crippen molar-refractivity contribution in [2.75, 3.05) is 28.4 Å². The number of ether oxygens (including phenoxy) is 4. The zero-order valence-corrected chi connectivity index (χ0v) is 17.8. The van der Waals surface area contributed by atoms with Gasteiger partial charge in [0.15, 0.2) is 23.0 Å². The van der Waals surface area contributed by atoms with Crippen LogP contribution in [0.5, 0.6) is 23.0 Å². The summed E-state index contributed by atoms with van der Waals surface area (Å²) in [5.41, 5.74) is 0.951. The quantitative estimate of drug-likeness (QED) is 0.546. The zero-order chi connectivity index (χ0) is 20.3. The highest BCUT2D eigenvalue weighted by molar-refractivity contribution is 9.10. The van der Waals surface area contributed by atoms with Crippen LogP contribution in [0.15, 0.2) is 45.8 Å². The molecular formula is C21H22BrNO5. The van der Waals surface area contributed by atoms with Crippen molar-refractivity contribution in [2.45, 2.75) is 13.0 Å². The third-order valence-corrected chi connectivity index (χ3v) is 5.39. The lowest BCUT2D eigenvalue weighted by atomic mass is 10.1. The molecule has 0 aliphatic rings. The van der Waals surface area contributed by atoms with Crippen LogP contribution < -0.4 is 24.5 Å². The number of aromatic nitrogens is 1. The summed E-state index contributed by atoms with van der Waals surface area (Å²) < 4.78 is 23.9. The Bertz CT molecular complexity index is 1060. The van der Waals surface area contributed by atoms with E-state index in [1.165, 1.54) is 0 Å². The Morgan fingerprint density at radius 2 is 1.43 bits per heavy atom. The molecule has 3 rings (SSSR count). The van der Waals surface area contributed by atoms with Gasteiger partial charge in [0.1, 0.15) is 0 Å². The molecule has 148 valence electrons. The molecule has 0 atom stereocenters. The standard InChI is InChI=1S/C21H22BrNO5/c1-25-17-9-13-5-7-23(21(24)15(13)11-19(17)27-3)8-6-14-10-18(26-2)20(28-4)12-16(14)22/h5,7,9-12H,6,8H2,1-4H3. The van der Waals surface area contributed by atoms with Crippen molar-refractivity contribution >= 4 is 26.7 Å². The maximum atomic E-state index is 12.9. The minimum atomic E-state index is -0.0740. The van der Waals surface area contributed by atoms with E-state index in [1.54, 1.807) is 45.3 Å². The van der Waals surface area contributed by atoms with Gasteiger partial charge in [-0.05, 0) is 47.7 Å². The van der Waals surface area contributed by atoms with E-state index in [2.05, 4.69) is 15.9 Å².